The zero-order chi connectivity index (χ0) is 24.5. The van der Waals surface area contributed by atoms with Crippen LogP contribution >= 0.6 is 0 Å². The number of hydrogen-bond donors (Lipinski definition) is 0. The Labute approximate surface area is 171 Å². The third-order valence-electron chi connectivity index (χ3n) is 3.87. The van der Waals surface area contributed by atoms with Gasteiger partial charge in [0.05, 0.1) is 29.5 Å². The fourth-order valence-corrected chi connectivity index (χ4v) is 2.67. The minimum Gasteiger partial charge on any atom is -0.288 e. The van der Waals surface area contributed by atoms with Crippen LogP contribution in [0.25, 0.3) is 0 Å². The summed E-state index contributed by atoms with van der Waals surface area (Å²) in [6.07, 6.45) is 0. The van der Waals surface area contributed by atoms with Gasteiger partial charge in [-0.3, -0.25) is 65.5 Å². The van der Waals surface area contributed by atoms with Crippen molar-refractivity contribution in [3.63, 3.8) is 0 Å². The zero-order valence-corrected chi connectivity index (χ0v) is 14.8. The lowest BCUT2D eigenvalue weighted by Crippen LogP contribution is -2.12. The van der Waals surface area contributed by atoms with Crippen molar-refractivity contribution < 1.29 is 34.3 Å². The first-order chi connectivity index (χ1) is 14.8. The van der Waals surface area contributed by atoms with Gasteiger partial charge in [0, 0.05) is 12.1 Å². The van der Waals surface area contributed by atoms with Crippen LogP contribution in [0.5, 0.6) is 0 Å². The number of ketones is 1. The number of carbonyl (C=O) groups is 1. The van der Waals surface area contributed by atoms with Gasteiger partial charge in [0.15, 0.2) is 0 Å². The smallest absolute Gasteiger partial charge is 0.288 e. The molecule has 0 bridgehead atoms. The molecule has 0 aliphatic rings. The molecule has 2 rings (SSSR count). The molecule has 0 spiro atoms. The van der Waals surface area contributed by atoms with Gasteiger partial charge in [-0.05, 0) is 12.1 Å². The van der Waals surface area contributed by atoms with E-state index in [1.165, 1.54) is 0 Å². The summed E-state index contributed by atoms with van der Waals surface area (Å²) >= 11 is 0. The summed E-state index contributed by atoms with van der Waals surface area (Å²) in [4.78, 5) is 71.2. The maximum absolute atomic E-state index is 12.8. The van der Waals surface area contributed by atoms with Crippen molar-refractivity contribution in [3.8, 4) is 0 Å². The summed E-state index contributed by atoms with van der Waals surface area (Å²) in [6.45, 7) is 0. The molecule has 19 nitrogen and oxygen atoms in total. The highest BCUT2D eigenvalue weighted by Gasteiger charge is 2.45. The molecule has 0 radical (unpaired) electrons. The summed E-state index contributed by atoms with van der Waals surface area (Å²) in [5, 5.41) is 67.2. The lowest BCUT2D eigenvalue weighted by Gasteiger charge is -2.05. The highest BCUT2D eigenvalue weighted by Crippen LogP contribution is 2.43. The van der Waals surface area contributed by atoms with Gasteiger partial charge in [-0.2, -0.15) is 0 Å². The number of hydrogen-bond acceptors (Lipinski definition) is 13. The predicted molar refractivity (Wildman–Crippen MR) is 96.2 cm³/mol. The van der Waals surface area contributed by atoms with Crippen molar-refractivity contribution in [2.75, 3.05) is 0 Å². The van der Waals surface area contributed by atoms with E-state index in [4.69, 9.17) is 0 Å². The van der Waals surface area contributed by atoms with Crippen LogP contribution in [0.4, 0.5) is 34.1 Å². The molecule has 0 aromatic heterocycles. The first kappa shape index (κ1) is 22.8. The Hall–Kier alpha value is -5.49. The Morgan fingerprint density at radius 3 is 0.969 bits per heavy atom. The van der Waals surface area contributed by atoms with Crippen LogP contribution in [0.2, 0.25) is 0 Å². The Morgan fingerprint density at radius 1 is 0.469 bits per heavy atom. The first-order valence-electron chi connectivity index (χ1n) is 7.56. The van der Waals surface area contributed by atoms with E-state index in [1.54, 1.807) is 0 Å². The number of carbonyl (C=O) groups excluding carboxylic acids is 1. The van der Waals surface area contributed by atoms with E-state index in [-0.39, 0.29) is 0 Å². The Bertz CT molecular complexity index is 1170. The first-order valence-corrected chi connectivity index (χ1v) is 7.56. The van der Waals surface area contributed by atoms with E-state index in [9.17, 15) is 65.5 Å². The van der Waals surface area contributed by atoms with Crippen LogP contribution in [0.1, 0.15) is 15.9 Å². The highest BCUT2D eigenvalue weighted by molar-refractivity contribution is 6.16. The van der Waals surface area contributed by atoms with Gasteiger partial charge < -0.3 is 0 Å². The van der Waals surface area contributed by atoms with Crippen molar-refractivity contribution in [2.45, 2.75) is 0 Å². The third kappa shape index (κ3) is 3.70. The van der Waals surface area contributed by atoms with Crippen LogP contribution in [-0.2, 0) is 0 Å². The van der Waals surface area contributed by atoms with Crippen molar-refractivity contribution >= 4 is 39.9 Å². The van der Waals surface area contributed by atoms with Gasteiger partial charge in [-0.15, -0.1) is 0 Å². The minimum atomic E-state index is -1.75. The standard InChI is InChI=1S/C13H4N6O13/c20-13(5-1-3-7(14(21)22)11(18(29)30)9(5)16(25)26)6-2-4-8(15(23)24)12(19(31)32)10(6)17(27)28/h1-4H. The molecule has 19 heteroatoms. The molecule has 0 N–H and O–H groups in total. The van der Waals surface area contributed by atoms with Crippen LogP contribution < -0.4 is 0 Å². The van der Waals surface area contributed by atoms with E-state index in [0.717, 1.165) is 0 Å². The van der Waals surface area contributed by atoms with Crippen LogP contribution in [0.15, 0.2) is 24.3 Å². The summed E-state index contributed by atoms with van der Waals surface area (Å²) in [5.41, 5.74) is -12.1. The summed E-state index contributed by atoms with van der Waals surface area (Å²) in [5.74, 6) is -1.75. The molecule has 32 heavy (non-hydrogen) atoms. The van der Waals surface area contributed by atoms with Crippen LogP contribution in [0, 0.1) is 60.7 Å². The number of benzene rings is 2. The maximum Gasteiger partial charge on any atom is 0.423 e. The molecule has 0 aliphatic carbocycles. The number of nitro groups is 6. The number of nitrogens with zero attached hydrogens (tertiary/aromatic N) is 6. The van der Waals surface area contributed by atoms with Gasteiger partial charge in [0.25, 0.3) is 0 Å². The van der Waals surface area contributed by atoms with E-state index >= 15 is 0 Å². The molecule has 2 aromatic carbocycles. The SMILES string of the molecule is O=C(c1ccc([N+](=O)[O-])c([N+](=O)[O-])c1[N+](=O)[O-])c1ccc([N+](=O)[O-])c([N+](=O)[O-])c1[N+](=O)[O-]. The van der Waals surface area contributed by atoms with E-state index in [0.29, 0.717) is 24.3 Å². The molecular formula is C13H4N6O13. The van der Waals surface area contributed by atoms with Gasteiger partial charge in [0.1, 0.15) is 11.1 Å². The Kier molecular flexibility index (Phi) is 5.77. The lowest BCUT2D eigenvalue weighted by molar-refractivity contribution is -0.441. The third-order valence-corrected chi connectivity index (χ3v) is 3.87. The van der Waals surface area contributed by atoms with Gasteiger partial charge in [-0.25, -0.2) is 0 Å². The molecule has 0 fully saturated rings. The van der Waals surface area contributed by atoms with Crippen LogP contribution in [-0.4, -0.2) is 35.3 Å². The molecule has 0 saturated heterocycles. The number of nitro benzene ring substituents is 6. The Balaban J connectivity index is 2.99. The van der Waals surface area contributed by atoms with E-state index in [2.05, 4.69) is 0 Å². The molecule has 0 atom stereocenters. The Morgan fingerprint density at radius 2 is 0.750 bits per heavy atom. The van der Waals surface area contributed by atoms with E-state index < -0.39 is 80.6 Å². The van der Waals surface area contributed by atoms with Gasteiger partial charge in [0.2, 0.25) is 5.78 Å². The fraction of sp³-hybridized carbons (Fsp3) is 0. The molecule has 0 heterocycles. The van der Waals surface area contributed by atoms with Crippen molar-refractivity contribution in [2.24, 2.45) is 0 Å². The summed E-state index contributed by atoms with van der Waals surface area (Å²) < 4.78 is 0. The second-order valence-electron chi connectivity index (χ2n) is 5.53. The van der Waals surface area contributed by atoms with Gasteiger partial charge in [-0.1, -0.05) is 0 Å². The number of rotatable bonds is 8. The van der Waals surface area contributed by atoms with Crippen molar-refractivity contribution in [1.29, 1.82) is 0 Å². The summed E-state index contributed by atoms with van der Waals surface area (Å²) in [7, 11) is 0. The minimum absolute atomic E-state index is 0.351. The molecule has 0 unspecified atom stereocenters. The largest absolute Gasteiger partial charge is 0.423 e. The second kappa shape index (κ2) is 8.10. The summed E-state index contributed by atoms with van der Waals surface area (Å²) in [6, 6.07) is 1.49. The molecule has 2 aromatic rings. The average Bonchev–Trinajstić information content (AvgIpc) is 2.70. The monoisotopic (exact) mass is 452 g/mol. The lowest BCUT2D eigenvalue weighted by atomic mass is 9.97. The van der Waals surface area contributed by atoms with Gasteiger partial charge >= 0.3 is 34.1 Å². The van der Waals surface area contributed by atoms with Crippen LogP contribution in [0.3, 0.4) is 0 Å². The van der Waals surface area contributed by atoms with Crippen molar-refractivity contribution in [1.82, 2.24) is 0 Å². The molecular weight excluding hydrogens is 448 g/mol. The molecule has 0 amide bonds. The fourth-order valence-electron chi connectivity index (χ4n) is 2.67. The predicted octanol–water partition coefficient (Wildman–Crippen LogP) is 2.37. The average molecular weight is 452 g/mol. The molecule has 0 aliphatic heterocycles. The second-order valence-corrected chi connectivity index (χ2v) is 5.53. The molecule has 164 valence electrons. The zero-order valence-electron chi connectivity index (χ0n) is 14.8. The molecule has 0 saturated carbocycles. The quantitative estimate of drug-likeness (QED) is 0.316. The maximum atomic E-state index is 12.8. The highest BCUT2D eigenvalue weighted by atomic mass is 16.7. The normalized spacial score (nSPS) is 10.2. The van der Waals surface area contributed by atoms with Crippen molar-refractivity contribution in [3.05, 3.63) is 96.1 Å². The van der Waals surface area contributed by atoms with E-state index in [1.807, 2.05) is 0 Å². The topological polar surface area (TPSA) is 276 Å².